The van der Waals surface area contributed by atoms with E-state index in [-0.39, 0.29) is 0 Å². The van der Waals surface area contributed by atoms with Crippen LogP contribution in [-0.2, 0) is 12.8 Å². The van der Waals surface area contributed by atoms with Gasteiger partial charge in [0.15, 0.2) is 0 Å². The van der Waals surface area contributed by atoms with Gasteiger partial charge in [-0.05, 0) is 63.8 Å². The highest BCUT2D eigenvalue weighted by Crippen LogP contribution is 2.20. The summed E-state index contributed by atoms with van der Waals surface area (Å²) in [6, 6.07) is 16.4. The van der Waals surface area contributed by atoms with Gasteiger partial charge < -0.3 is 0 Å². The fourth-order valence-corrected chi connectivity index (χ4v) is 2.66. The first-order chi connectivity index (χ1) is 13.5. The molecule has 146 valence electrons. The summed E-state index contributed by atoms with van der Waals surface area (Å²) >= 11 is 0. The van der Waals surface area contributed by atoms with Crippen LogP contribution in [0, 0.1) is 0 Å². The summed E-state index contributed by atoms with van der Waals surface area (Å²) in [4.78, 5) is 9.46. The minimum atomic E-state index is 0.798. The van der Waals surface area contributed by atoms with Crippen LogP contribution in [-0.4, -0.2) is 22.8 Å². The Morgan fingerprint density at radius 1 is 0.571 bits per heavy atom. The smallest absolute Gasteiger partial charge is 0.0811 e. The second-order valence-corrected chi connectivity index (χ2v) is 6.73. The van der Waals surface area contributed by atoms with Crippen molar-refractivity contribution in [1.82, 2.24) is 0 Å². The second kappa shape index (κ2) is 10.5. The third-order valence-electron chi connectivity index (χ3n) is 4.72. The number of aliphatic imine (C=N–C) groups is 2. The van der Waals surface area contributed by atoms with Gasteiger partial charge >= 0.3 is 0 Å². The van der Waals surface area contributed by atoms with E-state index in [2.05, 4.69) is 36.2 Å². The summed E-state index contributed by atoms with van der Waals surface area (Å²) in [5.74, 6) is 0. The van der Waals surface area contributed by atoms with Crippen LogP contribution in [0.2, 0.25) is 0 Å². The molecule has 0 saturated carbocycles. The Morgan fingerprint density at radius 3 is 1.29 bits per heavy atom. The molecule has 0 atom stereocenters. The minimum absolute atomic E-state index is 0.798. The van der Waals surface area contributed by atoms with Gasteiger partial charge in [-0.2, -0.15) is 10.2 Å². The number of para-hydroxylation sites is 2. The maximum atomic E-state index is 4.73. The Labute approximate surface area is 168 Å². The summed E-state index contributed by atoms with van der Waals surface area (Å²) < 4.78 is 0. The molecule has 28 heavy (non-hydrogen) atoms. The molecule has 0 spiro atoms. The van der Waals surface area contributed by atoms with Crippen molar-refractivity contribution in [3.8, 4) is 0 Å². The minimum Gasteiger partial charge on any atom is -0.252 e. The molecule has 0 aliphatic heterocycles. The highest BCUT2D eigenvalue weighted by atomic mass is 15.2. The molecule has 0 fully saturated rings. The lowest BCUT2D eigenvalue weighted by atomic mass is 10.1. The van der Waals surface area contributed by atoms with Crippen LogP contribution in [0.5, 0.6) is 0 Å². The van der Waals surface area contributed by atoms with Crippen molar-refractivity contribution in [3.63, 3.8) is 0 Å². The predicted molar refractivity (Wildman–Crippen MR) is 123 cm³/mol. The third kappa shape index (κ3) is 5.81. The number of nitrogens with zero attached hydrogens (tertiary/aromatic N) is 4. The lowest BCUT2D eigenvalue weighted by molar-refractivity contribution is 1.13. The van der Waals surface area contributed by atoms with Crippen LogP contribution in [0.1, 0.15) is 52.7 Å². The zero-order chi connectivity index (χ0) is 20.5. The number of hydrogen-bond donors (Lipinski definition) is 0. The first-order valence-corrected chi connectivity index (χ1v) is 9.82. The van der Waals surface area contributed by atoms with Crippen molar-refractivity contribution in [1.29, 1.82) is 0 Å². The number of rotatable bonds is 7. The van der Waals surface area contributed by atoms with Crippen LogP contribution >= 0.6 is 0 Å². The van der Waals surface area contributed by atoms with Crippen molar-refractivity contribution in [2.75, 3.05) is 0 Å². The molecule has 2 rings (SSSR count). The molecule has 0 aliphatic carbocycles. The molecule has 0 radical (unpaired) electrons. The normalized spacial score (nSPS) is 13.8. The van der Waals surface area contributed by atoms with Crippen LogP contribution in [0.4, 0.5) is 11.4 Å². The molecule has 0 saturated heterocycles. The zero-order valence-corrected chi connectivity index (χ0v) is 17.8. The zero-order valence-electron chi connectivity index (χ0n) is 17.8. The van der Waals surface area contributed by atoms with Crippen LogP contribution in [0.25, 0.3) is 0 Å². The number of benzene rings is 2. The maximum absolute atomic E-state index is 4.73. The number of hydrogen-bond acceptors (Lipinski definition) is 4. The molecule has 0 aliphatic rings. The van der Waals surface area contributed by atoms with Gasteiger partial charge in [0, 0.05) is 0 Å². The topological polar surface area (TPSA) is 49.4 Å². The fraction of sp³-hybridized carbons (Fsp3) is 0.333. The van der Waals surface area contributed by atoms with Crippen LogP contribution < -0.4 is 0 Å². The van der Waals surface area contributed by atoms with Gasteiger partial charge in [0.2, 0.25) is 0 Å². The molecule has 0 heterocycles. The van der Waals surface area contributed by atoms with E-state index in [1.165, 1.54) is 11.1 Å². The molecular weight excluding hydrogens is 344 g/mol. The molecule has 0 aromatic heterocycles. The van der Waals surface area contributed by atoms with E-state index in [1.54, 1.807) is 0 Å². The van der Waals surface area contributed by atoms with Crippen molar-refractivity contribution in [3.05, 3.63) is 59.7 Å². The SMILES string of the molecule is CCc1ccccc1N=C(C)/C(C)=N/N=C(\C)C(C)=Nc1ccccc1CC. The Hall–Kier alpha value is -2.88. The van der Waals surface area contributed by atoms with Crippen LogP contribution in [0.3, 0.4) is 0 Å². The Bertz CT molecular complexity index is 856. The Kier molecular flexibility index (Phi) is 8.00. The summed E-state index contributed by atoms with van der Waals surface area (Å²) in [6.07, 6.45) is 1.91. The van der Waals surface area contributed by atoms with Gasteiger partial charge in [-0.3, -0.25) is 9.98 Å². The summed E-state index contributed by atoms with van der Waals surface area (Å²) in [5, 5.41) is 8.75. The average molecular weight is 375 g/mol. The first-order valence-electron chi connectivity index (χ1n) is 9.82. The van der Waals surface area contributed by atoms with E-state index in [1.807, 2.05) is 64.1 Å². The van der Waals surface area contributed by atoms with Gasteiger partial charge in [0.05, 0.1) is 34.2 Å². The van der Waals surface area contributed by atoms with Crippen molar-refractivity contribution in [2.45, 2.75) is 54.4 Å². The van der Waals surface area contributed by atoms with Gasteiger partial charge in [-0.1, -0.05) is 50.2 Å². The highest BCUT2D eigenvalue weighted by Gasteiger charge is 2.04. The van der Waals surface area contributed by atoms with Gasteiger partial charge in [-0.15, -0.1) is 0 Å². The van der Waals surface area contributed by atoms with E-state index >= 15 is 0 Å². The third-order valence-corrected chi connectivity index (χ3v) is 4.72. The second-order valence-electron chi connectivity index (χ2n) is 6.73. The van der Waals surface area contributed by atoms with E-state index in [0.29, 0.717) is 0 Å². The van der Waals surface area contributed by atoms with Crippen molar-refractivity contribution in [2.24, 2.45) is 20.2 Å². The molecule has 2 aromatic carbocycles. The predicted octanol–water partition coefficient (Wildman–Crippen LogP) is 6.53. The monoisotopic (exact) mass is 374 g/mol. The highest BCUT2D eigenvalue weighted by molar-refractivity contribution is 6.42. The first kappa shape index (κ1) is 21.4. The summed E-state index contributed by atoms with van der Waals surface area (Å²) in [5.41, 5.74) is 7.77. The largest absolute Gasteiger partial charge is 0.252 e. The Morgan fingerprint density at radius 2 is 0.929 bits per heavy atom. The van der Waals surface area contributed by atoms with Gasteiger partial charge in [0.1, 0.15) is 0 Å². The molecule has 0 N–H and O–H groups in total. The van der Waals surface area contributed by atoms with E-state index in [4.69, 9.17) is 9.98 Å². The molecule has 0 amide bonds. The lowest BCUT2D eigenvalue weighted by Gasteiger charge is -2.05. The fourth-order valence-electron chi connectivity index (χ4n) is 2.66. The van der Waals surface area contributed by atoms with Crippen molar-refractivity contribution >= 4 is 34.2 Å². The molecule has 0 unspecified atom stereocenters. The van der Waals surface area contributed by atoms with E-state index in [9.17, 15) is 0 Å². The molecule has 4 heteroatoms. The van der Waals surface area contributed by atoms with Gasteiger partial charge in [0.25, 0.3) is 0 Å². The number of aryl methyl sites for hydroxylation is 2. The van der Waals surface area contributed by atoms with Crippen molar-refractivity contribution < 1.29 is 0 Å². The van der Waals surface area contributed by atoms with Gasteiger partial charge in [-0.25, -0.2) is 0 Å². The average Bonchev–Trinajstić information content (AvgIpc) is 2.72. The van der Waals surface area contributed by atoms with Crippen LogP contribution in [0.15, 0.2) is 68.7 Å². The molecular formula is C24H30N4. The lowest BCUT2D eigenvalue weighted by Crippen LogP contribution is -2.08. The van der Waals surface area contributed by atoms with E-state index < -0.39 is 0 Å². The summed E-state index contributed by atoms with van der Waals surface area (Å²) in [7, 11) is 0. The maximum Gasteiger partial charge on any atom is 0.0811 e. The quantitative estimate of drug-likeness (QED) is 0.390. The standard InChI is InChI=1S/C24H30N4/c1-7-21-13-9-11-15-23(21)25-17(3)19(5)27-28-20(6)18(4)26-24-16-12-10-14-22(24)8-2/h9-16H,7-8H2,1-6H3/b25-17?,26-18?,27-19+,28-20+. The van der Waals surface area contributed by atoms with E-state index in [0.717, 1.165) is 47.1 Å². The molecule has 4 nitrogen and oxygen atoms in total. The molecule has 2 aromatic rings. The molecule has 0 bridgehead atoms. The summed E-state index contributed by atoms with van der Waals surface area (Å²) in [6.45, 7) is 12.1. The Balaban J connectivity index is 2.22.